The van der Waals surface area contributed by atoms with Crippen molar-refractivity contribution in [2.75, 3.05) is 0 Å². The maximum Gasteiger partial charge on any atom is 0.316 e. The number of hydrogen-bond donors (Lipinski definition) is 0. The molecule has 0 saturated carbocycles. The van der Waals surface area contributed by atoms with Gasteiger partial charge in [-0.25, -0.2) is 0 Å². The summed E-state index contributed by atoms with van der Waals surface area (Å²) in [5.41, 5.74) is -0.322. The number of benzene rings is 1. The van der Waals surface area contributed by atoms with Crippen LogP contribution in [0.4, 0.5) is 0 Å². The van der Waals surface area contributed by atoms with E-state index >= 15 is 0 Å². The second-order valence-corrected chi connectivity index (χ2v) is 7.05. The Bertz CT molecular complexity index is 518. The van der Waals surface area contributed by atoms with Gasteiger partial charge in [0.15, 0.2) is 0 Å². The molecule has 0 amide bonds. The Morgan fingerprint density at radius 3 is 2.19 bits per heavy atom. The largest absolute Gasteiger partial charge is 0.460 e. The van der Waals surface area contributed by atoms with E-state index in [-0.39, 0.29) is 18.4 Å². The topological polar surface area (TPSA) is 52.6 Å². The zero-order chi connectivity index (χ0) is 16.3. The number of ether oxygens (including phenoxy) is 2. The highest BCUT2D eigenvalue weighted by molar-refractivity contribution is 5.78. The lowest BCUT2D eigenvalue weighted by Crippen LogP contribution is -2.26. The van der Waals surface area contributed by atoms with Crippen molar-refractivity contribution in [1.29, 1.82) is 0 Å². The molecule has 0 bridgehead atoms. The zero-order valence-corrected chi connectivity index (χ0v) is 13.6. The molecule has 0 spiro atoms. The number of carbonyl (C=O) groups excluding carboxylic acids is 2. The SMILES string of the molecule is CC(C)(C)OC(=O)Cc1cccc(OC(=O)C(C)(C)C)c1. The molecule has 0 heterocycles. The van der Waals surface area contributed by atoms with Crippen LogP contribution in [-0.2, 0) is 20.7 Å². The molecule has 1 rings (SSSR count). The first-order chi connectivity index (χ1) is 9.47. The lowest BCUT2D eigenvalue weighted by atomic mass is 9.97. The monoisotopic (exact) mass is 292 g/mol. The molecule has 1 aromatic carbocycles. The molecule has 0 saturated heterocycles. The van der Waals surface area contributed by atoms with E-state index in [1.54, 1.807) is 45.0 Å². The van der Waals surface area contributed by atoms with Crippen LogP contribution >= 0.6 is 0 Å². The standard InChI is InChI=1S/C17H24O4/c1-16(2,3)15(19)20-13-9-7-8-12(10-13)11-14(18)21-17(4,5)6/h7-10H,11H2,1-6H3. The Kier molecular flexibility index (Phi) is 5.15. The molecule has 0 aliphatic rings. The summed E-state index contributed by atoms with van der Waals surface area (Å²) in [6.45, 7) is 10.9. The molecule has 21 heavy (non-hydrogen) atoms. The summed E-state index contributed by atoms with van der Waals surface area (Å²) in [5.74, 6) is -0.172. The summed E-state index contributed by atoms with van der Waals surface area (Å²) in [6, 6.07) is 6.94. The zero-order valence-electron chi connectivity index (χ0n) is 13.6. The lowest BCUT2D eigenvalue weighted by Gasteiger charge is -2.19. The van der Waals surface area contributed by atoms with Gasteiger partial charge in [0.2, 0.25) is 0 Å². The average molecular weight is 292 g/mol. The second kappa shape index (κ2) is 6.29. The molecule has 0 N–H and O–H groups in total. The van der Waals surface area contributed by atoms with Gasteiger partial charge < -0.3 is 9.47 Å². The van der Waals surface area contributed by atoms with Gasteiger partial charge in [-0.05, 0) is 59.2 Å². The van der Waals surface area contributed by atoms with Gasteiger partial charge in [-0.1, -0.05) is 12.1 Å². The van der Waals surface area contributed by atoms with Gasteiger partial charge in [0.25, 0.3) is 0 Å². The van der Waals surface area contributed by atoms with E-state index in [1.165, 1.54) is 0 Å². The summed E-state index contributed by atoms with van der Waals surface area (Å²) in [4.78, 5) is 23.6. The van der Waals surface area contributed by atoms with Crippen molar-refractivity contribution in [1.82, 2.24) is 0 Å². The van der Waals surface area contributed by atoms with Crippen molar-refractivity contribution in [2.24, 2.45) is 5.41 Å². The minimum Gasteiger partial charge on any atom is -0.460 e. The molecule has 4 nitrogen and oxygen atoms in total. The van der Waals surface area contributed by atoms with Crippen LogP contribution in [0.3, 0.4) is 0 Å². The Hall–Kier alpha value is -1.84. The van der Waals surface area contributed by atoms with Crippen LogP contribution in [0.25, 0.3) is 0 Å². The van der Waals surface area contributed by atoms with Gasteiger partial charge in [0, 0.05) is 0 Å². The van der Waals surface area contributed by atoms with Crippen LogP contribution in [0.2, 0.25) is 0 Å². The van der Waals surface area contributed by atoms with Crippen LogP contribution < -0.4 is 4.74 Å². The third kappa shape index (κ3) is 6.43. The smallest absolute Gasteiger partial charge is 0.316 e. The summed E-state index contributed by atoms with van der Waals surface area (Å²) in [5, 5.41) is 0. The highest BCUT2D eigenvalue weighted by Gasteiger charge is 2.24. The van der Waals surface area contributed by atoms with Crippen molar-refractivity contribution < 1.29 is 19.1 Å². The fourth-order valence-corrected chi connectivity index (χ4v) is 1.52. The van der Waals surface area contributed by atoms with Gasteiger partial charge in [-0.3, -0.25) is 9.59 Å². The first-order valence-electron chi connectivity index (χ1n) is 7.00. The van der Waals surface area contributed by atoms with Gasteiger partial charge in [-0.2, -0.15) is 0 Å². The molecule has 0 unspecified atom stereocenters. The average Bonchev–Trinajstić information content (AvgIpc) is 2.25. The molecule has 4 heteroatoms. The quantitative estimate of drug-likeness (QED) is 0.632. The number of esters is 2. The summed E-state index contributed by atoms with van der Waals surface area (Å²) < 4.78 is 10.6. The number of carbonyl (C=O) groups is 2. The predicted octanol–water partition coefficient (Wildman–Crippen LogP) is 3.52. The highest BCUT2D eigenvalue weighted by Crippen LogP contribution is 2.21. The second-order valence-electron chi connectivity index (χ2n) is 7.05. The third-order valence-electron chi connectivity index (χ3n) is 2.49. The van der Waals surface area contributed by atoms with Crippen molar-refractivity contribution in [2.45, 2.75) is 53.6 Å². The Morgan fingerprint density at radius 2 is 1.67 bits per heavy atom. The van der Waals surface area contributed by atoms with Crippen molar-refractivity contribution in [3.8, 4) is 5.75 Å². The summed E-state index contributed by atoms with van der Waals surface area (Å²) >= 11 is 0. The summed E-state index contributed by atoms with van der Waals surface area (Å²) in [6.07, 6.45) is 0.151. The predicted molar refractivity (Wildman–Crippen MR) is 81.1 cm³/mol. The van der Waals surface area contributed by atoms with Crippen molar-refractivity contribution >= 4 is 11.9 Å². The fourth-order valence-electron chi connectivity index (χ4n) is 1.52. The molecule has 0 radical (unpaired) electrons. The van der Waals surface area contributed by atoms with Crippen molar-refractivity contribution in [3.05, 3.63) is 29.8 Å². The molecule has 0 aliphatic carbocycles. The molecule has 0 fully saturated rings. The molecule has 1 aromatic rings. The third-order valence-corrected chi connectivity index (χ3v) is 2.49. The molecular formula is C17H24O4. The van der Waals surface area contributed by atoms with E-state index in [0.29, 0.717) is 5.75 Å². The normalized spacial score (nSPS) is 11.9. The highest BCUT2D eigenvalue weighted by atomic mass is 16.6. The molecule has 0 aromatic heterocycles. The number of rotatable bonds is 3. The first-order valence-corrected chi connectivity index (χ1v) is 7.00. The Labute approximate surface area is 126 Å². The van der Waals surface area contributed by atoms with E-state index in [9.17, 15) is 9.59 Å². The molecule has 0 aliphatic heterocycles. The minimum atomic E-state index is -0.568. The van der Waals surface area contributed by atoms with E-state index in [4.69, 9.17) is 9.47 Å². The van der Waals surface area contributed by atoms with Crippen LogP contribution in [0.5, 0.6) is 5.75 Å². The van der Waals surface area contributed by atoms with E-state index in [1.807, 2.05) is 20.8 Å². The van der Waals surface area contributed by atoms with Crippen LogP contribution in [-0.4, -0.2) is 17.5 Å². The Balaban J connectivity index is 2.73. The molecular weight excluding hydrogens is 268 g/mol. The fraction of sp³-hybridized carbons (Fsp3) is 0.529. The lowest BCUT2D eigenvalue weighted by molar-refractivity contribution is -0.153. The van der Waals surface area contributed by atoms with Gasteiger partial charge in [0.1, 0.15) is 11.4 Å². The maximum atomic E-state index is 11.8. The first kappa shape index (κ1) is 17.2. The van der Waals surface area contributed by atoms with E-state index in [0.717, 1.165) is 5.56 Å². The summed E-state index contributed by atoms with van der Waals surface area (Å²) in [7, 11) is 0. The van der Waals surface area contributed by atoms with Crippen LogP contribution in [0, 0.1) is 5.41 Å². The molecule has 0 atom stereocenters. The Morgan fingerprint density at radius 1 is 1.05 bits per heavy atom. The maximum absolute atomic E-state index is 11.8. The van der Waals surface area contributed by atoms with Gasteiger partial charge >= 0.3 is 11.9 Å². The van der Waals surface area contributed by atoms with E-state index in [2.05, 4.69) is 0 Å². The van der Waals surface area contributed by atoms with Crippen molar-refractivity contribution in [3.63, 3.8) is 0 Å². The van der Waals surface area contributed by atoms with Gasteiger partial charge in [-0.15, -0.1) is 0 Å². The number of hydrogen-bond acceptors (Lipinski definition) is 4. The van der Waals surface area contributed by atoms with E-state index < -0.39 is 11.0 Å². The van der Waals surface area contributed by atoms with Crippen LogP contribution in [0.1, 0.15) is 47.1 Å². The van der Waals surface area contributed by atoms with Crippen LogP contribution in [0.15, 0.2) is 24.3 Å². The minimum absolute atomic E-state index is 0.151. The molecule has 116 valence electrons. The van der Waals surface area contributed by atoms with Gasteiger partial charge in [0.05, 0.1) is 11.8 Å².